The SMILES string of the molecule is COc1ccc(NC(=O)c2cc3c(-c4cnc5[nH]cc(C)c5c4)cccc3s2)cc1C(=O)N(C)C. The van der Waals surface area contributed by atoms with Gasteiger partial charge in [-0.3, -0.25) is 9.59 Å². The summed E-state index contributed by atoms with van der Waals surface area (Å²) in [6, 6.07) is 15.1. The van der Waals surface area contributed by atoms with Crippen LogP contribution in [0.25, 0.3) is 32.2 Å². The lowest BCUT2D eigenvalue weighted by Crippen LogP contribution is -2.22. The number of anilines is 1. The molecule has 2 amide bonds. The molecule has 5 aromatic rings. The molecule has 0 unspecified atom stereocenters. The summed E-state index contributed by atoms with van der Waals surface area (Å²) in [6.45, 7) is 2.05. The van der Waals surface area contributed by atoms with E-state index in [-0.39, 0.29) is 11.8 Å². The third-order valence-electron chi connectivity index (χ3n) is 5.93. The Bertz CT molecular complexity index is 1600. The number of methoxy groups -OCH3 is 1. The molecule has 0 atom stereocenters. The fourth-order valence-corrected chi connectivity index (χ4v) is 5.08. The number of carbonyl (C=O) groups excluding carboxylic acids is 2. The van der Waals surface area contributed by atoms with Gasteiger partial charge in [0, 0.05) is 53.2 Å². The van der Waals surface area contributed by atoms with Gasteiger partial charge in [-0.15, -0.1) is 11.3 Å². The summed E-state index contributed by atoms with van der Waals surface area (Å²) in [4.78, 5) is 35.5. The molecule has 0 fully saturated rings. The van der Waals surface area contributed by atoms with E-state index in [9.17, 15) is 9.59 Å². The van der Waals surface area contributed by atoms with Crippen LogP contribution in [-0.4, -0.2) is 47.9 Å². The monoisotopic (exact) mass is 484 g/mol. The molecule has 0 aliphatic heterocycles. The van der Waals surface area contributed by atoms with Crippen LogP contribution in [0.3, 0.4) is 0 Å². The Balaban J connectivity index is 1.48. The number of rotatable bonds is 5. The molecule has 3 aromatic heterocycles. The number of carbonyl (C=O) groups is 2. The van der Waals surface area contributed by atoms with Crippen LogP contribution in [0.1, 0.15) is 25.6 Å². The van der Waals surface area contributed by atoms with Gasteiger partial charge in [0.05, 0.1) is 17.6 Å². The summed E-state index contributed by atoms with van der Waals surface area (Å²) in [5, 5.41) is 5.00. The molecule has 0 saturated carbocycles. The second kappa shape index (κ2) is 8.88. The fraction of sp³-hybridized carbons (Fsp3) is 0.148. The van der Waals surface area contributed by atoms with Gasteiger partial charge in [-0.05, 0) is 54.4 Å². The van der Waals surface area contributed by atoms with Crippen molar-refractivity contribution in [2.45, 2.75) is 6.92 Å². The molecular weight excluding hydrogens is 460 g/mol. The van der Waals surface area contributed by atoms with Gasteiger partial charge in [0.1, 0.15) is 11.4 Å². The zero-order chi connectivity index (χ0) is 24.7. The molecule has 35 heavy (non-hydrogen) atoms. The van der Waals surface area contributed by atoms with Gasteiger partial charge >= 0.3 is 0 Å². The van der Waals surface area contributed by atoms with Crippen LogP contribution in [0.2, 0.25) is 0 Å². The van der Waals surface area contributed by atoms with Gasteiger partial charge in [0.15, 0.2) is 0 Å². The molecule has 176 valence electrons. The van der Waals surface area contributed by atoms with Crippen LogP contribution in [0.5, 0.6) is 5.75 Å². The van der Waals surface area contributed by atoms with Gasteiger partial charge in [-0.1, -0.05) is 12.1 Å². The molecule has 0 spiro atoms. The maximum absolute atomic E-state index is 13.1. The van der Waals surface area contributed by atoms with E-state index in [2.05, 4.69) is 28.3 Å². The van der Waals surface area contributed by atoms with Crippen LogP contribution in [0.15, 0.2) is 60.9 Å². The first-order valence-electron chi connectivity index (χ1n) is 11.0. The lowest BCUT2D eigenvalue weighted by molar-refractivity contribution is 0.0824. The Labute approximate surface area is 206 Å². The van der Waals surface area contributed by atoms with E-state index >= 15 is 0 Å². The number of hydrogen-bond acceptors (Lipinski definition) is 5. The van der Waals surface area contributed by atoms with E-state index in [0.717, 1.165) is 37.8 Å². The number of fused-ring (bicyclic) bond motifs is 2. The van der Waals surface area contributed by atoms with Gasteiger partial charge in [-0.2, -0.15) is 0 Å². The van der Waals surface area contributed by atoms with Crippen molar-refractivity contribution < 1.29 is 14.3 Å². The first-order valence-corrected chi connectivity index (χ1v) is 11.8. The Hall–Kier alpha value is -4.17. The Morgan fingerprint density at radius 1 is 1.09 bits per heavy atom. The predicted molar refractivity (Wildman–Crippen MR) is 141 cm³/mol. The van der Waals surface area contributed by atoms with E-state index in [1.807, 2.05) is 36.7 Å². The zero-order valence-corrected chi connectivity index (χ0v) is 20.6. The minimum Gasteiger partial charge on any atom is -0.496 e. The Morgan fingerprint density at radius 3 is 2.69 bits per heavy atom. The second-order valence-corrected chi connectivity index (χ2v) is 9.57. The molecule has 0 aliphatic carbocycles. The van der Waals surface area contributed by atoms with E-state index in [4.69, 9.17) is 4.74 Å². The maximum atomic E-state index is 13.1. The highest BCUT2D eigenvalue weighted by atomic mass is 32.1. The van der Waals surface area contributed by atoms with Crippen molar-refractivity contribution in [1.29, 1.82) is 0 Å². The zero-order valence-electron chi connectivity index (χ0n) is 19.8. The number of ether oxygens (including phenoxy) is 1. The maximum Gasteiger partial charge on any atom is 0.265 e. The lowest BCUT2D eigenvalue weighted by Gasteiger charge is -2.15. The van der Waals surface area contributed by atoms with E-state index in [1.165, 1.54) is 23.3 Å². The van der Waals surface area contributed by atoms with E-state index in [0.29, 0.717) is 21.9 Å². The van der Waals surface area contributed by atoms with Crippen molar-refractivity contribution in [3.8, 4) is 16.9 Å². The Kier molecular flexibility index (Phi) is 5.74. The number of thiophene rings is 1. The van der Waals surface area contributed by atoms with E-state index < -0.39 is 0 Å². The van der Waals surface area contributed by atoms with Crippen LogP contribution in [0.4, 0.5) is 5.69 Å². The lowest BCUT2D eigenvalue weighted by atomic mass is 10.0. The van der Waals surface area contributed by atoms with Crippen molar-refractivity contribution in [2.24, 2.45) is 0 Å². The molecule has 8 heteroatoms. The summed E-state index contributed by atoms with van der Waals surface area (Å²) >= 11 is 1.43. The molecule has 2 N–H and O–H groups in total. The van der Waals surface area contributed by atoms with Crippen LogP contribution >= 0.6 is 11.3 Å². The standard InChI is InChI=1S/C27H24N4O3S/c1-15-13-28-25-19(15)10-16(14-29-25)18-6-5-7-23-20(18)12-24(35-23)26(32)30-17-8-9-22(34-4)21(11-17)27(33)31(2)3/h5-14H,1-4H3,(H,28,29)(H,30,32). The first kappa shape index (κ1) is 22.6. The number of H-pyrrole nitrogens is 1. The normalized spacial score (nSPS) is 11.1. The minimum atomic E-state index is -0.236. The number of hydrogen-bond donors (Lipinski definition) is 2. The van der Waals surface area contributed by atoms with Crippen LogP contribution in [-0.2, 0) is 0 Å². The van der Waals surface area contributed by atoms with E-state index in [1.54, 1.807) is 32.3 Å². The average Bonchev–Trinajstić information content (AvgIpc) is 3.47. The molecule has 0 aliphatic rings. The number of nitrogens with zero attached hydrogens (tertiary/aromatic N) is 2. The summed E-state index contributed by atoms with van der Waals surface area (Å²) in [5.41, 5.74) is 4.93. The Morgan fingerprint density at radius 2 is 1.91 bits per heavy atom. The largest absolute Gasteiger partial charge is 0.496 e. The predicted octanol–water partition coefficient (Wildman–Crippen LogP) is 5.72. The van der Waals surface area contributed by atoms with Crippen LogP contribution in [0, 0.1) is 6.92 Å². The number of amides is 2. The number of benzene rings is 2. The van der Waals surface area contributed by atoms with Crippen LogP contribution < -0.4 is 10.1 Å². The topological polar surface area (TPSA) is 87.3 Å². The third kappa shape index (κ3) is 4.13. The molecule has 0 bridgehead atoms. The summed E-state index contributed by atoms with van der Waals surface area (Å²) in [7, 11) is 4.86. The van der Waals surface area contributed by atoms with Gasteiger partial charge in [-0.25, -0.2) is 4.98 Å². The second-order valence-electron chi connectivity index (χ2n) is 8.49. The molecule has 0 saturated heterocycles. The molecular formula is C27H24N4O3S. The first-order chi connectivity index (χ1) is 16.9. The number of aryl methyl sites for hydroxylation is 1. The van der Waals surface area contributed by atoms with Gasteiger partial charge in [0.2, 0.25) is 0 Å². The molecule has 0 radical (unpaired) electrons. The van der Waals surface area contributed by atoms with Gasteiger partial charge in [0.25, 0.3) is 11.8 Å². The van der Waals surface area contributed by atoms with Crippen molar-refractivity contribution in [2.75, 3.05) is 26.5 Å². The summed E-state index contributed by atoms with van der Waals surface area (Å²) in [6.07, 6.45) is 3.80. The highest BCUT2D eigenvalue weighted by Gasteiger charge is 2.18. The number of pyridine rings is 1. The number of nitrogens with one attached hydrogen (secondary N) is 2. The van der Waals surface area contributed by atoms with Gasteiger partial charge < -0.3 is 19.9 Å². The molecule has 2 aromatic carbocycles. The fourth-order valence-electron chi connectivity index (χ4n) is 4.09. The third-order valence-corrected chi connectivity index (χ3v) is 7.03. The summed E-state index contributed by atoms with van der Waals surface area (Å²) in [5.74, 6) is 0.0183. The highest BCUT2D eigenvalue weighted by molar-refractivity contribution is 7.21. The number of aromatic nitrogens is 2. The summed E-state index contributed by atoms with van der Waals surface area (Å²) < 4.78 is 6.33. The minimum absolute atomic E-state index is 0.201. The number of aromatic amines is 1. The molecule has 3 heterocycles. The van der Waals surface area contributed by atoms with Crippen molar-refractivity contribution in [3.63, 3.8) is 0 Å². The molecule has 7 nitrogen and oxygen atoms in total. The molecule has 5 rings (SSSR count). The average molecular weight is 485 g/mol. The smallest absolute Gasteiger partial charge is 0.265 e. The highest BCUT2D eigenvalue weighted by Crippen LogP contribution is 2.35. The van der Waals surface area contributed by atoms with Crippen molar-refractivity contribution in [3.05, 3.63) is 76.9 Å². The van der Waals surface area contributed by atoms with Crippen molar-refractivity contribution >= 4 is 50.0 Å². The van der Waals surface area contributed by atoms with Crippen molar-refractivity contribution in [1.82, 2.24) is 14.9 Å². The quantitative estimate of drug-likeness (QED) is 0.334.